The van der Waals surface area contributed by atoms with Crippen LogP contribution in [-0.4, -0.2) is 68.4 Å². The Morgan fingerprint density at radius 2 is 1.74 bits per heavy atom. The lowest BCUT2D eigenvalue weighted by Crippen LogP contribution is -2.39. The number of benzene rings is 1. The highest BCUT2D eigenvalue weighted by Crippen LogP contribution is 2.23. The molecule has 0 radical (unpaired) electrons. The average Bonchev–Trinajstić information content (AvgIpc) is 2.82. The number of hydrogen-bond acceptors (Lipinski definition) is 4. The third kappa shape index (κ3) is 8.00. The van der Waals surface area contributed by atoms with Crippen molar-refractivity contribution in [2.24, 2.45) is 16.8 Å². The van der Waals surface area contributed by atoms with Gasteiger partial charge in [-0.2, -0.15) is 0 Å². The standard InChI is InChI=1S/C25H43N5O/c1-3-26-25(27-13-4-14-29-15-9-21(2)10-16-29)28-19-22-5-7-24(8-6-22)30-17-11-23(20-31)12-18-30/h5-8,21,23,31H,3-4,9-20H2,1-2H3,(H2,26,27,28). The van der Waals surface area contributed by atoms with Crippen molar-refractivity contribution in [1.82, 2.24) is 15.5 Å². The van der Waals surface area contributed by atoms with Crippen molar-refractivity contribution in [3.63, 3.8) is 0 Å². The van der Waals surface area contributed by atoms with Crippen molar-refractivity contribution in [3.05, 3.63) is 29.8 Å². The smallest absolute Gasteiger partial charge is 0.191 e. The van der Waals surface area contributed by atoms with E-state index in [1.165, 1.54) is 43.7 Å². The lowest BCUT2D eigenvalue weighted by Gasteiger charge is -2.32. The molecule has 31 heavy (non-hydrogen) atoms. The van der Waals surface area contributed by atoms with Crippen molar-refractivity contribution < 1.29 is 5.11 Å². The van der Waals surface area contributed by atoms with Crippen molar-refractivity contribution in [1.29, 1.82) is 0 Å². The number of hydrogen-bond donors (Lipinski definition) is 3. The van der Waals surface area contributed by atoms with E-state index < -0.39 is 0 Å². The number of aliphatic imine (C=N–C) groups is 1. The van der Waals surface area contributed by atoms with Gasteiger partial charge in [0.15, 0.2) is 5.96 Å². The van der Waals surface area contributed by atoms with Gasteiger partial charge in [-0.1, -0.05) is 19.1 Å². The minimum absolute atomic E-state index is 0.324. The Hall–Kier alpha value is -1.79. The zero-order chi connectivity index (χ0) is 21.9. The molecule has 2 fully saturated rings. The van der Waals surface area contributed by atoms with Crippen molar-refractivity contribution in [3.8, 4) is 0 Å². The van der Waals surface area contributed by atoms with Crippen LogP contribution in [0.15, 0.2) is 29.3 Å². The highest BCUT2D eigenvalue weighted by atomic mass is 16.3. The molecule has 0 spiro atoms. The Bertz CT molecular complexity index is 646. The molecule has 2 saturated heterocycles. The second kappa shape index (κ2) is 12.9. The molecule has 3 rings (SSSR count). The van der Waals surface area contributed by atoms with Crippen molar-refractivity contribution in [2.75, 3.05) is 57.3 Å². The largest absolute Gasteiger partial charge is 0.396 e. The number of aliphatic hydroxyl groups is 1. The van der Waals surface area contributed by atoms with Crippen molar-refractivity contribution in [2.45, 2.75) is 52.5 Å². The fourth-order valence-corrected chi connectivity index (χ4v) is 4.49. The van der Waals surface area contributed by atoms with Crippen LogP contribution in [0.5, 0.6) is 0 Å². The molecule has 2 aliphatic rings. The fraction of sp³-hybridized carbons (Fsp3) is 0.720. The van der Waals surface area contributed by atoms with Crippen LogP contribution in [0.3, 0.4) is 0 Å². The van der Waals surface area contributed by atoms with Gasteiger partial charge in [-0.05, 0) is 88.2 Å². The Kier molecular flexibility index (Phi) is 9.94. The first-order valence-corrected chi connectivity index (χ1v) is 12.4. The predicted octanol–water partition coefficient (Wildman–Crippen LogP) is 3.07. The summed E-state index contributed by atoms with van der Waals surface area (Å²) in [5.41, 5.74) is 2.51. The van der Waals surface area contributed by atoms with Gasteiger partial charge >= 0.3 is 0 Å². The topological polar surface area (TPSA) is 63.1 Å². The number of nitrogens with zero attached hydrogens (tertiary/aromatic N) is 3. The number of likely N-dealkylation sites (tertiary alicyclic amines) is 1. The van der Waals surface area contributed by atoms with Gasteiger partial charge in [0.05, 0.1) is 6.54 Å². The van der Waals surface area contributed by atoms with Gasteiger partial charge in [-0.25, -0.2) is 4.99 Å². The van der Waals surface area contributed by atoms with E-state index in [1.807, 2.05) is 0 Å². The maximum absolute atomic E-state index is 9.32. The minimum Gasteiger partial charge on any atom is -0.396 e. The molecule has 0 aromatic heterocycles. The summed E-state index contributed by atoms with van der Waals surface area (Å²) in [6, 6.07) is 8.81. The van der Waals surface area contributed by atoms with E-state index in [0.29, 0.717) is 19.1 Å². The quantitative estimate of drug-likeness (QED) is 0.320. The van der Waals surface area contributed by atoms with Crippen LogP contribution in [0.1, 0.15) is 51.5 Å². The number of aliphatic hydroxyl groups excluding tert-OH is 1. The summed E-state index contributed by atoms with van der Waals surface area (Å²) >= 11 is 0. The molecule has 2 aliphatic heterocycles. The third-order valence-corrected chi connectivity index (χ3v) is 6.76. The predicted molar refractivity (Wildman–Crippen MR) is 131 cm³/mol. The monoisotopic (exact) mass is 429 g/mol. The Labute approximate surface area is 189 Å². The maximum atomic E-state index is 9.32. The van der Waals surface area contributed by atoms with E-state index in [4.69, 9.17) is 4.99 Å². The molecule has 0 aliphatic carbocycles. The first kappa shape index (κ1) is 23.9. The van der Waals surface area contributed by atoms with Crippen LogP contribution in [0, 0.1) is 11.8 Å². The second-order valence-corrected chi connectivity index (χ2v) is 9.28. The zero-order valence-corrected chi connectivity index (χ0v) is 19.7. The second-order valence-electron chi connectivity index (χ2n) is 9.28. The van der Waals surface area contributed by atoms with Crippen LogP contribution >= 0.6 is 0 Å². The minimum atomic E-state index is 0.324. The molecule has 0 bridgehead atoms. The zero-order valence-electron chi connectivity index (χ0n) is 19.7. The molecule has 6 heteroatoms. The lowest BCUT2D eigenvalue weighted by molar-refractivity contribution is 0.191. The van der Waals surface area contributed by atoms with Crippen LogP contribution in [0.4, 0.5) is 5.69 Å². The molecule has 1 aromatic rings. The molecule has 0 unspecified atom stereocenters. The van der Waals surface area contributed by atoms with Crippen LogP contribution < -0.4 is 15.5 Å². The molecular weight excluding hydrogens is 386 g/mol. The summed E-state index contributed by atoms with van der Waals surface area (Å²) in [4.78, 5) is 9.80. The van der Waals surface area contributed by atoms with Crippen molar-refractivity contribution >= 4 is 11.6 Å². The van der Waals surface area contributed by atoms with Gasteiger partial charge in [0.2, 0.25) is 0 Å². The Morgan fingerprint density at radius 3 is 2.39 bits per heavy atom. The van der Waals surface area contributed by atoms with Gasteiger partial charge in [0, 0.05) is 38.5 Å². The number of guanidine groups is 1. The molecule has 1 aromatic carbocycles. The fourth-order valence-electron chi connectivity index (χ4n) is 4.49. The highest BCUT2D eigenvalue weighted by Gasteiger charge is 2.18. The third-order valence-electron chi connectivity index (χ3n) is 6.76. The summed E-state index contributed by atoms with van der Waals surface area (Å²) in [5, 5.41) is 16.2. The van der Waals surface area contributed by atoms with Gasteiger partial charge in [-0.3, -0.25) is 0 Å². The molecule has 2 heterocycles. The summed E-state index contributed by atoms with van der Waals surface area (Å²) in [5.74, 6) is 2.28. The van der Waals surface area contributed by atoms with E-state index in [9.17, 15) is 5.11 Å². The molecule has 3 N–H and O–H groups in total. The SMILES string of the molecule is CCNC(=NCc1ccc(N2CCC(CO)CC2)cc1)NCCCN1CCC(C)CC1. The Balaban J connectivity index is 1.41. The van der Waals surface area contributed by atoms with E-state index >= 15 is 0 Å². The lowest BCUT2D eigenvalue weighted by atomic mass is 9.97. The molecular formula is C25H43N5O. The van der Waals surface area contributed by atoms with Gasteiger partial charge in [0.1, 0.15) is 0 Å². The number of rotatable bonds is 9. The Morgan fingerprint density at radius 1 is 1.03 bits per heavy atom. The molecule has 0 saturated carbocycles. The van der Waals surface area contributed by atoms with Crippen LogP contribution in [0.2, 0.25) is 0 Å². The van der Waals surface area contributed by atoms with E-state index in [0.717, 1.165) is 57.3 Å². The van der Waals surface area contributed by atoms with Crippen LogP contribution in [-0.2, 0) is 6.54 Å². The number of nitrogens with one attached hydrogen (secondary N) is 2. The molecule has 0 atom stereocenters. The van der Waals surface area contributed by atoms with Gasteiger partial charge in [0.25, 0.3) is 0 Å². The van der Waals surface area contributed by atoms with Gasteiger partial charge < -0.3 is 25.5 Å². The number of piperidine rings is 2. The summed E-state index contributed by atoms with van der Waals surface area (Å²) in [7, 11) is 0. The maximum Gasteiger partial charge on any atom is 0.191 e. The summed E-state index contributed by atoms with van der Waals surface area (Å²) in [6.45, 7) is 13.1. The number of anilines is 1. The molecule has 0 amide bonds. The van der Waals surface area contributed by atoms with E-state index in [1.54, 1.807) is 0 Å². The summed E-state index contributed by atoms with van der Waals surface area (Å²) in [6.07, 6.45) is 6.00. The average molecular weight is 430 g/mol. The van der Waals surface area contributed by atoms with Crippen LogP contribution in [0.25, 0.3) is 0 Å². The molecule has 174 valence electrons. The van der Waals surface area contributed by atoms with E-state index in [-0.39, 0.29) is 0 Å². The van der Waals surface area contributed by atoms with Gasteiger partial charge in [-0.15, -0.1) is 0 Å². The molecule has 6 nitrogen and oxygen atoms in total. The highest BCUT2D eigenvalue weighted by molar-refractivity contribution is 5.79. The normalized spacial score (nSPS) is 19.6. The first-order valence-electron chi connectivity index (χ1n) is 12.4. The summed E-state index contributed by atoms with van der Waals surface area (Å²) < 4.78 is 0. The van der Waals surface area contributed by atoms with E-state index in [2.05, 4.69) is 58.5 Å². The first-order chi connectivity index (χ1) is 15.2.